The van der Waals surface area contributed by atoms with Crippen LogP contribution in [-0.2, 0) is 20.8 Å². The number of anilines is 2. The van der Waals surface area contributed by atoms with Crippen molar-refractivity contribution < 1.29 is 19.3 Å². The van der Waals surface area contributed by atoms with Crippen LogP contribution < -0.4 is 16.4 Å². The Kier molecular flexibility index (Phi) is 7.09. The van der Waals surface area contributed by atoms with E-state index in [1.54, 1.807) is 4.90 Å². The van der Waals surface area contributed by atoms with Gasteiger partial charge in [-0.1, -0.05) is 42.5 Å². The van der Waals surface area contributed by atoms with Gasteiger partial charge in [0.2, 0.25) is 11.8 Å². The van der Waals surface area contributed by atoms with E-state index in [1.807, 2.05) is 54.6 Å². The number of nitro groups is 1. The molecule has 0 radical (unpaired) electrons. The van der Waals surface area contributed by atoms with E-state index < -0.39 is 16.9 Å². The van der Waals surface area contributed by atoms with E-state index in [0.29, 0.717) is 54.7 Å². The number of non-ortho nitro benzene ring substituents is 1. The lowest BCUT2D eigenvalue weighted by Gasteiger charge is -2.22. The first kappa shape index (κ1) is 25.7. The van der Waals surface area contributed by atoms with Crippen LogP contribution in [0.5, 0.6) is 0 Å². The molecular formula is C29H27N5O5. The van der Waals surface area contributed by atoms with E-state index in [9.17, 15) is 24.5 Å². The van der Waals surface area contributed by atoms with Gasteiger partial charge in [-0.3, -0.25) is 24.5 Å². The molecule has 2 heterocycles. The summed E-state index contributed by atoms with van der Waals surface area (Å²) in [7, 11) is 0. The quantitative estimate of drug-likeness (QED) is 0.219. The van der Waals surface area contributed by atoms with Crippen molar-refractivity contribution in [2.45, 2.75) is 31.7 Å². The van der Waals surface area contributed by atoms with Crippen molar-refractivity contribution in [1.29, 1.82) is 0 Å². The van der Waals surface area contributed by atoms with Crippen LogP contribution in [-0.4, -0.2) is 40.1 Å². The Morgan fingerprint density at radius 1 is 1.08 bits per heavy atom. The molecule has 198 valence electrons. The second kappa shape index (κ2) is 10.8. The van der Waals surface area contributed by atoms with Crippen LogP contribution in [0.3, 0.4) is 0 Å². The summed E-state index contributed by atoms with van der Waals surface area (Å²) in [6.45, 7) is 0.470. The van der Waals surface area contributed by atoms with Gasteiger partial charge in [0, 0.05) is 42.0 Å². The van der Waals surface area contributed by atoms with E-state index in [2.05, 4.69) is 10.6 Å². The zero-order chi connectivity index (χ0) is 27.5. The summed E-state index contributed by atoms with van der Waals surface area (Å²) in [6.07, 6.45) is 2.23. The van der Waals surface area contributed by atoms with E-state index in [-0.39, 0.29) is 17.5 Å². The van der Waals surface area contributed by atoms with Crippen molar-refractivity contribution in [2.24, 2.45) is 5.73 Å². The van der Waals surface area contributed by atoms with Gasteiger partial charge in [0.05, 0.1) is 16.2 Å². The maximum Gasteiger partial charge on any atom is 0.270 e. The van der Waals surface area contributed by atoms with Crippen LogP contribution in [0, 0.1) is 10.1 Å². The molecule has 10 nitrogen and oxygen atoms in total. The molecule has 1 saturated heterocycles. The summed E-state index contributed by atoms with van der Waals surface area (Å²) in [5.41, 5.74) is 9.71. The summed E-state index contributed by atoms with van der Waals surface area (Å²) in [5.74, 6) is -0.852. The van der Waals surface area contributed by atoms with Crippen LogP contribution in [0.25, 0.3) is 11.3 Å². The first-order valence-corrected chi connectivity index (χ1v) is 12.7. The molecule has 1 atom stereocenters. The van der Waals surface area contributed by atoms with Gasteiger partial charge in [0.15, 0.2) is 0 Å². The number of nitrogens with zero attached hydrogens (tertiary/aromatic N) is 2. The molecule has 0 aromatic heterocycles. The summed E-state index contributed by atoms with van der Waals surface area (Å²) < 4.78 is 0. The summed E-state index contributed by atoms with van der Waals surface area (Å²) in [6, 6.07) is 20.8. The highest BCUT2D eigenvalue weighted by Crippen LogP contribution is 2.39. The average Bonchev–Trinajstić information content (AvgIpc) is 3.46. The lowest BCUT2D eigenvalue weighted by molar-refractivity contribution is -0.384. The van der Waals surface area contributed by atoms with Crippen LogP contribution in [0.2, 0.25) is 0 Å². The Morgan fingerprint density at radius 3 is 2.51 bits per heavy atom. The third kappa shape index (κ3) is 5.35. The van der Waals surface area contributed by atoms with Gasteiger partial charge >= 0.3 is 0 Å². The number of hydrogen-bond acceptors (Lipinski definition) is 6. The minimum absolute atomic E-state index is 0.0392. The molecular weight excluding hydrogens is 498 g/mol. The normalized spacial score (nSPS) is 17.5. The molecule has 10 heteroatoms. The number of nitrogens with two attached hydrogens (primary N) is 1. The van der Waals surface area contributed by atoms with Gasteiger partial charge in [-0.2, -0.15) is 0 Å². The molecule has 39 heavy (non-hydrogen) atoms. The van der Waals surface area contributed by atoms with E-state index in [1.165, 1.54) is 18.2 Å². The Labute approximate surface area is 224 Å². The van der Waals surface area contributed by atoms with Gasteiger partial charge in [-0.25, -0.2) is 0 Å². The Balaban J connectivity index is 1.37. The minimum Gasteiger partial charge on any atom is -0.368 e. The van der Waals surface area contributed by atoms with Gasteiger partial charge in [0.25, 0.3) is 11.6 Å². The van der Waals surface area contributed by atoms with Gasteiger partial charge < -0.3 is 21.3 Å². The van der Waals surface area contributed by atoms with E-state index >= 15 is 0 Å². The first-order valence-electron chi connectivity index (χ1n) is 12.7. The number of primary amides is 1. The number of rotatable bonds is 9. The summed E-state index contributed by atoms with van der Waals surface area (Å²) in [5, 5.41) is 17.5. The predicted octanol–water partition coefficient (Wildman–Crippen LogP) is 3.94. The third-order valence-corrected chi connectivity index (χ3v) is 7.02. The predicted molar refractivity (Wildman–Crippen MR) is 147 cm³/mol. The molecule has 4 N–H and O–H groups in total. The fraction of sp³-hybridized carbons (Fsp3) is 0.207. The summed E-state index contributed by atoms with van der Waals surface area (Å²) in [4.78, 5) is 49.2. The van der Waals surface area contributed by atoms with E-state index in [4.69, 9.17) is 5.73 Å². The van der Waals surface area contributed by atoms with Crippen LogP contribution in [0.4, 0.5) is 17.1 Å². The standard InChI is InChI=1S/C29H27N5O5/c30-28(36)24-14-15-25(35)33(24)16-4-5-18-8-10-20(11-9-18)31-27(19-6-2-1-3-7-19)26-22-17-21(34(38)39)12-13-23(22)32-29(26)37/h1-3,6-13,17,24,31H,4-5,14-16H2,(H2,30,36)(H,32,37)/b27-26-. The van der Waals surface area contributed by atoms with E-state index in [0.717, 1.165) is 16.8 Å². The number of nitrogens with one attached hydrogen (secondary N) is 2. The maximum absolute atomic E-state index is 13.1. The molecule has 3 amide bonds. The lowest BCUT2D eigenvalue weighted by atomic mass is 9.99. The maximum atomic E-state index is 13.1. The third-order valence-electron chi connectivity index (χ3n) is 7.02. The number of hydrogen-bond donors (Lipinski definition) is 3. The molecule has 0 saturated carbocycles. The topological polar surface area (TPSA) is 148 Å². The van der Waals surface area contributed by atoms with Crippen molar-refractivity contribution >= 4 is 46.1 Å². The molecule has 3 aromatic carbocycles. The molecule has 2 aliphatic rings. The van der Waals surface area contributed by atoms with Crippen molar-refractivity contribution in [2.75, 3.05) is 17.2 Å². The van der Waals surface area contributed by atoms with Crippen LogP contribution in [0.15, 0.2) is 72.8 Å². The minimum atomic E-state index is -0.520. The van der Waals surface area contributed by atoms with Gasteiger partial charge in [-0.15, -0.1) is 0 Å². The number of aryl methyl sites for hydroxylation is 1. The van der Waals surface area contributed by atoms with Crippen LogP contribution in [0.1, 0.15) is 36.0 Å². The molecule has 0 aliphatic carbocycles. The number of fused-ring (bicyclic) bond motifs is 1. The molecule has 1 fully saturated rings. The zero-order valence-corrected chi connectivity index (χ0v) is 21.1. The number of likely N-dealkylation sites (tertiary alicyclic amines) is 1. The Hall–Kier alpha value is -4.99. The average molecular weight is 526 g/mol. The van der Waals surface area contributed by atoms with Crippen molar-refractivity contribution in [1.82, 2.24) is 4.90 Å². The van der Waals surface area contributed by atoms with Gasteiger partial charge in [0.1, 0.15) is 6.04 Å². The highest BCUT2D eigenvalue weighted by atomic mass is 16.6. The lowest BCUT2D eigenvalue weighted by Crippen LogP contribution is -2.42. The van der Waals surface area contributed by atoms with Crippen molar-refractivity contribution in [3.63, 3.8) is 0 Å². The fourth-order valence-corrected chi connectivity index (χ4v) is 5.06. The SMILES string of the molecule is NC(=O)C1CCC(=O)N1CCCc1ccc(N/C(=C2\C(=O)Nc3ccc([N+](=O)[O-])cc32)c2ccccc2)cc1. The van der Waals surface area contributed by atoms with Gasteiger partial charge in [-0.05, 0) is 48.6 Å². The zero-order valence-electron chi connectivity index (χ0n) is 21.1. The largest absolute Gasteiger partial charge is 0.368 e. The fourth-order valence-electron chi connectivity index (χ4n) is 5.06. The highest BCUT2D eigenvalue weighted by molar-refractivity contribution is 6.37. The monoisotopic (exact) mass is 525 g/mol. The molecule has 3 aromatic rings. The number of carbonyl (C=O) groups is 3. The number of amides is 3. The number of carbonyl (C=O) groups excluding carboxylic acids is 3. The molecule has 5 rings (SSSR count). The first-order chi connectivity index (χ1) is 18.8. The molecule has 2 aliphatic heterocycles. The van der Waals surface area contributed by atoms with Crippen LogP contribution >= 0.6 is 0 Å². The number of nitro benzene ring substituents is 1. The molecule has 1 unspecified atom stereocenters. The second-order valence-corrected chi connectivity index (χ2v) is 9.53. The highest BCUT2D eigenvalue weighted by Gasteiger charge is 2.34. The smallest absolute Gasteiger partial charge is 0.270 e. The molecule has 0 spiro atoms. The Bertz CT molecular complexity index is 1480. The molecule has 0 bridgehead atoms. The van der Waals surface area contributed by atoms with Crippen molar-refractivity contribution in [3.05, 3.63) is 99.6 Å². The van der Waals surface area contributed by atoms with Crippen molar-refractivity contribution in [3.8, 4) is 0 Å². The second-order valence-electron chi connectivity index (χ2n) is 9.53. The number of benzene rings is 3. The Morgan fingerprint density at radius 2 is 1.82 bits per heavy atom. The summed E-state index contributed by atoms with van der Waals surface area (Å²) >= 11 is 0.